The van der Waals surface area contributed by atoms with E-state index in [0.717, 1.165) is 17.9 Å². The number of urea groups is 1. The highest BCUT2D eigenvalue weighted by atomic mass is 16.3. The molecule has 0 bridgehead atoms. The Bertz CT molecular complexity index is 435. The fourth-order valence-electron chi connectivity index (χ4n) is 1.61. The van der Waals surface area contributed by atoms with Crippen LogP contribution in [0, 0.1) is 5.92 Å². The van der Waals surface area contributed by atoms with E-state index in [1.165, 1.54) is 0 Å². The summed E-state index contributed by atoms with van der Waals surface area (Å²) in [5.41, 5.74) is 1.78. The van der Waals surface area contributed by atoms with E-state index in [-0.39, 0.29) is 18.5 Å². The molecule has 0 aliphatic carbocycles. The Morgan fingerprint density at radius 1 is 1.40 bits per heavy atom. The first-order valence-electron chi connectivity index (χ1n) is 6.98. The molecule has 0 aliphatic rings. The minimum atomic E-state index is -0.529. The number of amides is 2. The van der Waals surface area contributed by atoms with Crippen LogP contribution in [-0.4, -0.2) is 37.4 Å². The van der Waals surface area contributed by atoms with Crippen LogP contribution in [-0.2, 0) is 0 Å². The second-order valence-electron chi connectivity index (χ2n) is 5.21. The van der Waals surface area contributed by atoms with Gasteiger partial charge in [-0.2, -0.15) is 0 Å². The molecule has 5 nitrogen and oxygen atoms in total. The first kappa shape index (κ1) is 16.3. The van der Waals surface area contributed by atoms with Gasteiger partial charge < -0.3 is 20.6 Å². The molecule has 1 aromatic rings. The van der Waals surface area contributed by atoms with E-state index in [9.17, 15) is 9.90 Å². The molecule has 20 heavy (non-hydrogen) atoms. The van der Waals surface area contributed by atoms with Crippen molar-refractivity contribution < 1.29 is 9.90 Å². The Labute approximate surface area is 121 Å². The van der Waals surface area contributed by atoms with Crippen LogP contribution in [0.25, 0.3) is 0 Å². The molecule has 0 radical (unpaired) electrons. The number of carbonyl (C=O) groups is 1. The Hall–Kier alpha value is -1.75. The van der Waals surface area contributed by atoms with Crippen molar-refractivity contribution in [2.45, 2.75) is 26.9 Å². The Balaban J connectivity index is 2.54. The van der Waals surface area contributed by atoms with Gasteiger partial charge in [-0.1, -0.05) is 19.9 Å². The van der Waals surface area contributed by atoms with Gasteiger partial charge in [0.2, 0.25) is 0 Å². The summed E-state index contributed by atoms with van der Waals surface area (Å²) in [6, 6.07) is 7.35. The molecule has 0 aromatic heterocycles. The Morgan fingerprint density at radius 2 is 2.10 bits per heavy atom. The Morgan fingerprint density at radius 3 is 2.70 bits per heavy atom. The van der Waals surface area contributed by atoms with Gasteiger partial charge in [-0.05, 0) is 31.0 Å². The summed E-state index contributed by atoms with van der Waals surface area (Å²) in [7, 11) is 2.00. The summed E-state index contributed by atoms with van der Waals surface area (Å²) in [5.74, 6) is 0.122. The minimum absolute atomic E-state index is 0.122. The third-order valence-corrected chi connectivity index (χ3v) is 3.26. The van der Waals surface area contributed by atoms with Crippen molar-refractivity contribution in [2.75, 3.05) is 30.4 Å². The second-order valence-corrected chi connectivity index (χ2v) is 5.21. The summed E-state index contributed by atoms with van der Waals surface area (Å²) in [4.78, 5) is 13.8. The number of nitrogens with zero attached hydrogens (tertiary/aromatic N) is 1. The van der Waals surface area contributed by atoms with E-state index in [4.69, 9.17) is 0 Å². The van der Waals surface area contributed by atoms with Crippen LogP contribution in [0.2, 0.25) is 0 Å². The molecule has 0 heterocycles. The molecule has 0 saturated carbocycles. The third-order valence-electron chi connectivity index (χ3n) is 3.26. The summed E-state index contributed by atoms with van der Waals surface area (Å²) >= 11 is 0. The van der Waals surface area contributed by atoms with Gasteiger partial charge in [-0.25, -0.2) is 4.79 Å². The van der Waals surface area contributed by atoms with E-state index in [2.05, 4.69) is 22.5 Å². The molecule has 0 fully saturated rings. The number of hydrogen-bond donors (Lipinski definition) is 3. The number of nitrogens with one attached hydrogen (secondary N) is 2. The van der Waals surface area contributed by atoms with Crippen LogP contribution in [0.3, 0.4) is 0 Å². The highest BCUT2D eigenvalue weighted by molar-refractivity contribution is 5.89. The normalized spacial score (nSPS) is 12.1. The maximum Gasteiger partial charge on any atom is 0.319 e. The molecule has 1 atom stereocenters. The molecule has 1 aromatic carbocycles. The predicted molar refractivity (Wildman–Crippen MR) is 83.3 cm³/mol. The van der Waals surface area contributed by atoms with Crippen molar-refractivity contribution in [3.05, 3.63) is 24.3 Å². The van der Waals surface area contributed by atoms with Gasteiger partial charge in [0.25, 0.3) is 0 Å². The zero-order chi connectivity index (χ0) is 15.1. The van der Waals surface area contributed by atoms with Gasteiger partial charge >= 0.3 is 6.03 Å². The molecule has 0 unspecified atom stereocenters. The SMILES string of the molecule is CCN(C)c1cccc(NC(=O)NC[C@H](O)C(C)C)c1. The van der Waals surface area contributed by atoms with Crippen LogP contribution in [0.1, 0.15) is 20.8 Å². The maximum atomic E-state index is 11.7. The maximum absolute atomic E-state index is 11.7. The fraction of sp³-hybridized carbons (Fsp3) is 0.533. The molecule has 3 N–H and O–H groups in total. The number of anilines is 2. The van der Waals surface area contributed by atoms with E-state index >= 15 is 0 Å². The predicted octanol–water partition coefficient (Wildman–Crippen LogP) is 2.28. The van der Waals surface area contributed by atoms with Crippen molar-refractivity contribution in [3.63, 3.8) is 0 Å². The second kappa shape index (κ2) is 7.75. The molecule has 0 spiro atoms. The standard InChI is InChI=1S/C15H25N3O2/c1-5-18(4)13-8-6-7-12(9-13)17-15(20)16-10-14(19)11(2)3/h6-9,11,14,19H,5,10H2,1-4H3,(H2,16,17,20)/t14-/m0/s1. The number of benzene rings is 1. The third kappa shape index (κ3) is 5.09. The van der Waals surface area contributed by atoms with E-state index in [1.54, 1.807) is 0 Å². The van der Waals surface area contributed by atoms with Gasteiger partial charge in [-0.15, -0.1) is 0 Å². The Kier molecular flexibility index (Phi) is 6.31. The molecule has 0 saturated heterocycles. The number of aliphatic hydroxyl groups is 1. The summed E-state index contributed by atoms with van der Waals surface area (Å²) in [6.45, 7) is 7.04. The van der Waals surface area contributed by atoms with Crippen molar-refractivity contribution in [1.82, 2.24) is 5.32 Å². The lowest BCUT2D eigenvalue weighted by molar-refractivity contribution is 0.126. The van der Waals surface area contributed by atoms with Crippen molar-refractivity contribution in [1.29, 1.82) is 0 Å². The first-order valence-corrected chi connectivity index (χ1v) is 6.98. The van der Waals surface area contributed by atoms with Crippen LogP contribution >= 0.6 is 0 Å². The average molecular weight is 279 g/mol. The zero-order valence-electron chi connectivity index (χ0n) is 12.7. The molecule has 2 amide bonds. The quantitative estimate of drug-likeness (QED) is 0.748. The highest BCUT2D eigenvalue weighted by Gasteiger charge is 2.10. The molecule has 112 valence electrons. The number of aliphatic hydroxyl groups excluding tert-OH is 1. The lowest BCUT2D eigenvalue weighted by Gasteiger charge is -2.18. The van der Waals surface area contributed by atoms with Crippen molar-refractivity contribution in [3.8, 4) is 0 Å². The van der Waals surface area contributed by atoms with Crippen LogP contribution < -0.4 is 15.5 Å². The summed E-state index contributed by atoms with van der Waals surface area (Å²) < 4.78 is 0. The monoisotopic (exact) mass is 279 g/mol. The number of rotatable bonds is 6. The minimum Gasteiger partial charge on any atom is -0.391 e. The van der Waals surface area contributed by atoms with E-state index < -0.39 is 6.10 Å². The van der Waals surface area contributed by atoms with E-state index in [1.807, 2.05) is 45.2 Å². The smallest absolute Gasteiger partial charge is 0.319 e. The van der Waals surface area contributed by atoms with Gasteiger partial charge in [0.05, 0.1) is 6.10 Å². The zero-order valence-corrected chi connectivity index (χ0v) is 12.7. The van der Waals surface area contributed by atoms with Gasteiger partial charge in [0.1, 0.15) is 0 Å². The van der Waals surface area contributed by atoms with Crippen molar-refractivity contribution >= 4 is 17.4 Å². The van der Waals surface area contributed by atoms with Crippen molar-refractivity contribution in [2.24, 2.45) is 5.92 Å². The van der Waals surface area contributed by atoms with E-state index in [0.29, 0.717) is 0 Å². The van der Waals surface area contributed by atoms with Crippen LogP contribution in [0.4, 0.5) is 16.2 Å². The summed E-state index contributed by atoms with van der Waals surface area (Å²) in [5, 5.41) is 15.1. The molecule has 0 aliphatic heterocycles. The number of hydrogen-bond acceptors (Lipinski definition) is 3. The highest BCUT2D eigenvalue weighted by Crippen LogP contribution is 2.17. The number of carbonyl (C=O) groups excluding carboxylic acids is 1. The fourth-order valence-corrected chi connectivity index (χ4v) is 1.61. The first-order chi connectivity index (χ1) is 9.43. The lowest BCUT2D eigenvalue weighted by atomic mass is 10.1. The van der Waals surface area contributed by atoms with Gasteiger partial charge in [0.15, 0.2) is 0 Å². The van der Waals surface area contributed by atoms with Crippen LogP contribution in [0.5, 0.6) is 0 Å². The molecule has 5 heteroatoms. The topological polar surface area (TPSA) is 64.6 Å². The largest absolute Gasteiger partial charge is 0.391 e. The van der Waals surface area contributed by atoms with Gasteiger partial charge in [0, 0.05) is 31.5 Å². The van der Waals surface area contributed by atoms with Gasteiger partial charge in [-0.3, -0.25) is 0 Å². The molecular formula is C15H25N3O2. The molecule has 1 rings (SSSR count). The average Bonchev–Trinajstić information content (AvgIpc) is 2.43. The van der Waals surface area contributed by atoms with Crippen LogP contribution in [0.15, 0.2) is 24.3 Å². The lowest BCUT2D eigenvalue weighted by Crippen LogP contribution is -2.37. The summed E-state index contributed by atoms with van der Waals surface area (Å²) in [6.07, 6.45) is -0.529. The molecular weight excluding hydrogens is 254 g/mol.